The third-order valence-corrected chi connectivity index (χ3v) is 3.13. The highest BCUT2D eigenvalue weighted by Crippen LogP contribution is 2.33. The van der Waals surface area contributed by atoms with Crippen LogP contribution in [0.2, 0.25) is 0 Å². The SMILES string of the molecule is CC1CCn2c1cc1ccccc12. The van der Waals surface area contributed by atoms with Gasteiger partial charge in [0.1, 0.15) is 0 Å². The van der Waals surface area contributed by atoms with E-state index in [1.54, 1.807) is 0 Å². The first kappa shape index (κ1) is 7.19. The molecule has 0 aliphatic carbocycles. The van der Waals surface area contributed by atoms with E-state index in [1.807, 2.05) is 0 Å². The highest BCUT2D eigenvalue weighted by atomic mass is 15.0. The summed E-state index contributed by atoms with van der Waals surface area (Å²) in [6.45, 7) is 3.52. The molecular weight excluding hydrogens is 158 g/mol. The second kappa shape index (κ2) is 2.38. The summed E-state index contributed by atoms with van der Waals surface area (Å²) in [4.78, 5) is 0. The molecule has 13 heavy (non-hydrogen) atoms. The van der Waals surface area contributed by atoms with Crippen LogP contribution < -0.4 is 0 Å². The summed E-state index contributed by atoms with van der Waals surface area (Å²) >= 11 is 0. The van der Waals surface area contributed by atoms with Gasteiger partial charge < -0.3 is 4.57 Å². The van der Waals surface area contributed by atoms with Gasteiger partial charge >= 0.3 is 0 Å². The van der Waals surface area contributed by atoms with E-state index >= 15 is 0 Å². The van der Waals surface area contributed by atoms with Crippen LogP contribution in [0.15, 0.2) is 30.3 Å². The molecule has 0 bridgehead atoms. The Morgan fingerprint density at radius 2 is 2.15 bits per heavy atom. The van der Waals surface area contributed by atoms with E-state index in [4.69, 9.17) is 0 Å². The summed E-state index contributed by atoms with van der Waals surface area (Å²) in [6, 6.07) is 11.0. The van der Waals surface area contributed by atoms with Crippen molar-refractivity contribution in [3.05, 3.63) is 36.0 Å². The lowest BCUT2D eigenvalue weighted by Gasteiger charge is -1.98. The van der Waals surface area contributed by atoms with Crippen LogP contribution in [0.5, 0.6) is 0 Å². The Kier molecular flexibility index (Phi) is 1.32. The number of rotatable bonds is 0. The highest BCUT2D eigenvalue weighted by Gasteiger charge is 2.20. The molecule has 1 atom stereocenters. The first-order valence-electron chi connectivity index (χ1n) is 4.94. The van der Waals surface area contributed by atoms with Crippen LogP contribution in [-0.2, 0) is 6.54 Å². The fraction of sp³-hybridized carbons (Fsp3) is 0.333. The van der Waals surface area contributed by atoms with Crippen LogP contribution in [0.25, 0.3) is 10.9 Å². The molecule has 1 heteroatoms. The molecule has 1 unspecified atom stereocenters. The van der Waals surface area contributed by atoms with Gasteiger partial charge in [-0.05, 0) is 29.9 Å². The average molecular weight is 171 g/mol. The van der Waals surface area contributed by atoms with Gasteiger partial charge in [0.25, 0.3) is 0 Å². The number of hydrogen-bond donors (Lipinski definition) is 0. The zero-order chi connectivity index (χ0) is 8.84. The van der Waals surface area contributed by atoms with Crippen molar-refractivity contribution >= 4 is 10.9 Å². The fourth-order valence-electron chi connectivity index (χ4n) is 2.36. The quantitative estimate of drug-likeness (QED) is 0.574. The van der Waals surface area contributed by atoms with Crippen LogP contribution in [-0.4, -0.2) is 4.57 Å². The lowest BCUT2D eigenvalue weighted by Crippen LogP contribution is -1.90. The van der Waals surface area contributed by atoms with Crippen molar-refractivity contribution in [3.63, 3.8) is 0 Å². The minimum atomic E-state index is 0.743. The van der Waals surface area contributed by atoms with Gasteiger partial charge in [0.2, 0.25) is 0 Å². The Morgan fingerprint density at radius 1 is 1.31 bits per heavy atom. The molecule has 1 aliphatic heterocycles. The molecular formula is C12H13N. The number of benzene rings is 1. The summed E-state index contributed by atoms with van der Waals surface area (Å²) in [5, 5.41) is 1.39. The van der Waals surface area contributed by atoms with E-state index in [0.29, 0.717) is 0 Å². The maximum atomic E-state index is 2.46. The van der Waals surface area contributed by atoms with E-state index in [2.05, 4.69) is 41.8 Å². The van der Waals surface area contributed by atoms with E-state index < -0.39 is 0 Å². The number of aromatic nitrogens is 1. The second-order valence-corrected chi connectivity index (χ2v) is 3.97. The minimum absolute atomic E-state index is 0.743. The summed E-state index contributed by atoms with van der Waals surface area (Å²) in [7, 11) is 0. The topological polar surface area (TPSA) is 4.93 Å². The van der Waals surface area contributed by atoms with Gasteiger partial charge in [-0.25, -0.2) is 0 Å². The first-order chi connectivity index (χ1) is 6.36. The summed E-state index contributed by atoms with van der Waals surface area (Å²) in [6.07, 6.45) is 1.31. The van der Waals surface area contributed by atoms with Crippen molar-refractivity contribution in [2.45, 2.75) is 25.8 Å². The van der Waals surface area contributed by atoms with Crippen molar-refractivity contribution in [1.29, 1.82) is 0 Å². The van der Waals surface area contributed by atoms with E-state index in [-0.39, 0.29) is 0 Å². The predicted octanol–water partition coefficient (Wildman–Crippen LogP) is 3.15. The lowest BCUT2D eigenvalue weighted by atomic mass is 10.1. The number of fused-ring (bicyclic) bond motifs is 3. The van der Waals surface area contributed by atoms with Crippen molar-refractivity contribution in [1.82, 2.24) is 4.57 Å². The summed E-state index contributed by atoms with van der Waals surface area (Å²) in [5.41, 5.74) is 2.92. The molecule has 2 heterocycles. The van der Waals surface area contributed by atoms with Crippen LogP contribution in [0, 0.1) is 0 Å². The molecule has 1 aromatic heterocycles. The summed E-state index contributed by atoms with van der Waals surface area (Å²) < 4.78 is 2.46. The van der Waals surface area contributed by atoms with Gasteiger partial charge in [-0.2, -0.15) is 0 Å². The normalized spacial score (nSPS) is 20.8. The minimum Gasteiger partial charge on any atom is -0.344 e. The van der Waals surface area contributed by atoms with Crippen molar-refractivity contribution in [3.8, 4) is 0 Å². The van der Waals surface area contributed by atoms with E-state index in [9.17, 15) is 0 Å². The maximum Gasteiger partial charge on any atom is 0.0482 e. The molecule has 1 aliphatic rings. The largest absolute Gasteiger partial charge is 0.344 e. The molecule has 0 N–H and O–H groups in total. The molecule has 0 spiro atoms. The third-order valence-electron chi connectivity index (χ3n) is 3.13. The Morgan fingerprint density at radius 3 is 3.08 bits per heavy atom. The smallest absolute Gasteiger partial charge is 0.0482 e. The molecule has 0 radical (unpaired) electrons. The Labute approximate surface area is 78.0 Å². The Bertz CT molecular complexity index is 453. The maximum absolute atomic E-state index is 2.46. The molecule has 0 saturated carbocycles. The van der Waals surface area contributed by atoms with E-state index in [0.717, 1.165) is 5.92 Å². The summed E-state index contributed by atoms with van der Waals surface area (Å²) in [5.74, 6) is 0.743. The fourth-order valence-corrected chi connectivity index (χ4v) is 2.36. The van der Waals surface area contributed by atoms with Crippen molar-refractivity contribution < 1.29 is 0 Å². The monoisotopic (exact) mass is 171 g/mol. The molecule has 66 valence electrons. The Balaban J connectivity index is 2.38. The number of nitrogens with zero attached hydrogens (tertiary/aromatic N) is 1. The van der Waals surface area contributed by atoms with Crippen LogP contribution in [0.4, 0.5) is 0 Å². The van der Waals surface area contributed by atoms with Gasteiger partial charge in [-0.1, -0.05) is 25.1 Å². The van der Waals surface area contributed by atoms with E-state index in [1.165, 1.54) is 29.6 Å². The molecule has 2 aromatic rings. The number of para-hydroxylation sites is 1. The number of aryl methyl sites for hydroxylation is 1. The zero-order valence-corrected chi connectivity index (χ0v) is 7.83. The third kappa shape index (κ3) is 0.873. The highest BCUT2D eigenvalue weighted by molar-refractivity contribution is 5.81. The van der Waals surface area contributed by atoms with Crippen LogP contribution in [0.3, 0.4) is 0 Å². The van der Waals surface area contributed by atoms with Crippen molar-refractivity contribution in [2.24, 2.45) is 0 Å². The van der Waals surface area contributed by atoms with Gasteiger partial charge in [0.05, 0.1) is 0 Å². The van der Waals surface area contributed by atoms with Crippen LogP contribution >= 0.6 is 0 Å². The van der Waals surface area contributed by atoms with Gasteiger partial charge in [0, 0.05) is 17.8 Å². The lowest BCUT2D eigenvalue weighted by molar-refractivity contribution is 0.713. The second-order valence-electron chi connectivity index (χ2n) is 3.97. The van der Waals surface area contributed by atoms with Crippen LogP contribution in [0.1, 0.15) is 25.0 Å². The predicted molar refractivity (Wildman–Crippen MR) is 55.0 cm³/mol. The first-order valence-corrected chi connectivity index (χ1v) is 4.94. The average Bonchev–Trinajstić information content (AvgIpc) is 2.67. The van der Waals surface area contributed by atoms with Gasteiger partial charge in [0.15, 0.2) is 0 Å². The molecule has 0 saturated heterocycles. The molecule has 3 rings (SSSR count). The molecule has 0 amide bonds. The standard InChI is InChI=1S/C12H13N/c1-9-6-7-13-11-5-3-2-4-10(11)8-12(9)13/h2-5,8-9H,6-7H2,1H3. The van der Waals surface area contributed by atoms with Gasteiger partial charge in [-0.15, -0.1) is 0 Å². The molecule has 1 aromatic carbocycles. The molecule has 1 nitrogen and oxygen atoms in total. The van der Waals surface area contributed by atoms with Gasteiger partial charge in [-0.3, -0.25) is 0 Å². The molecule has 0 fully saturated rings. The number of hydrogen-bond acceptors (Lipinski definition) is 0. The Hall–Kier alpha value is -1.24. The van der Waals surface area contributed by atoms with Crippen molar-refractivity contribution in [2.75, 3.05) is 0 Å². The zero-order valence-electron chi connectivity index (χ0n) is 7.83.